The highest BCUT2D eigenvalue weighted by Crippen LogP contribution is 2.43. The minimum Gasteiger partial charge on any atom is -0.340 e. The van der Waals surface area contributed by atoms with Crippen LogP contribution in [0.3, 0.4) is 0 Å². The van der Waals surface area contributed by atoms with Crippen molar-refractivity contribution in [1.29, 1.82) is 0 Å². The van der Waals surface area contributed by atoms with Gasteiger partial charge in [0, 0.05) is 16.3 Å². The number of benzene rings is 1. The minimum absolute atomic E-state index is 1.01. The van der Waals surface area contributed by atoms with E-state index in [2.05, 4.69) is 62.9 Å². The fourth-order valence-electron chi connectivity index (χ4n) is 2.33. The van der Waals surface area contributed by atoms with Crippen LogP contribution in [0.5, 0.6) is 0 Å². The van der Waals surface area contributed by atoms with Gasteiger partial charge in [0.1, 0.15) is 0 Å². The molecule has 1 aromatic carbocycles. The van der Waals surface area contributed by atoms with Crippen molar-refractivity contribution in [2.45, 2.75) is 39.0 Å². The van der Waals surface area contributed by atoms with Gasteiger partial charge < -0.3 is 4.90 Å². The molecule has 0 aromatic heterocycles. The number of anilines is 1. The van der Waals surface area contributed by atoms with Crippen molar-refractivity contribution in [3.8, 4) is 0 Å². The predicted molar refractivity (Wildman–Crippen MR) is 82.2 cm³/mol. The molecular weight excluding hydrogens is 238 g/mol. The van der Waals surface area contributed by atoms with Crippen LogP contribution in [0.1, 0.15) is 33.3 Å². The lowest BCUT2D eigenvalue weighted by Gasteiger charge is -2.32. The lowest BCUT2D eigenvalue weighted by atomic mass is 10.1. The Morgan fingerprint density at radius 1 is 1.28 bits per heavy atom. The number of allylic oxidation sites excluding steroid dienone is 3. The van der Waals surface area contributed by atoms with Crippen molar-refractivity contribution in [3.05, 3.63) is 46.5 Å². The summed E-state index contributed by atoms with van der Waals surface area (Å²) in [5.41, 5.74) is 4.10. The van der Waals surface area contributed by atoms with Gasteiger partial charge in [0.25, 0.3) is 0 Å². The smallest absolute Gasteiger partial charge is 0.0552 e. The van der Waals surface area contributed by atoms with E-state index in [4.69, 9.17) is 0 Å². The standard InChI is InChI=1S/C16H21NS/c1-5-8-14-12(4)18-16-11-13(6-2)9-10-15(16)17(14)7-3/h5,8-11H,6-7H2,1-4H3/b8-5-. The molecule has 0 saturated heterocycles. The third-order valence-corrected chi connectivity index (χ3v) is 4.34. The summed E-state index contributed by atoms with van der Waals surface area (Å²) >= 11 is 1.90. The maximum absolute atomic E-state index is 2.40. The summed E-state index contributed by atoms with van der Waals surface area (Å²) in [5.74, 6) is 0. The molecule has 0 N–H and O–H groups in total. The Morgan fingerprint density at radius 3 is 2.67 bits per heavy atom. The summed E-state index contributed by atoms with van der Waals surface area (Å²) in [6.45, 7) is 9.72. The molecule has 0 spiro atoms. The second-order valence-electron chi connectivity index (χ2n) is 4.44. The van der Waals surface area contributed by atoms with E-state index in [9.17, 15) is 0 Å². The molecule has 0 aliphatic carbocycles. The molecule has 0 bridgehead atoms. The minimum atomic E-state index is 1.01. The molecule has 2 heteroatoms. The number of hydrogen-bond acceptors (Lipinski definition) is 2. The maximum Gasteiger partial charge on any atom is 0.0552 e. The zero-order valence-electron chi connectivity index (χ0n) is 11.7. The van der Waals surface area contributed by atoms with Crippen LogP contribution in [0.25, 0.3) is 0 Å². The van der Waals surface area contributed by atoms with Gasteiger partial charge in [-0.2, -0.15) is 0 Å². The van der Waals surface area contributed by atoms with Crippen LogP contribution in [0.2, 0.25) is 0 Å². The number of likely N-dealkylation sites (N-methyl/N-ethyl adjacent to an activating group) is 1. The molecule has 18 heavy (non-hydrogen) atoms. The van der Waals surface area contributed by atoms with Gasteiger partial charge in [-0.3, -0.25) is 0 Å². The topological polar surface area (TPSA) is 3.24 Å². The summed E-state index contributed by atoms with van der Waals surface area (Å²) in [5, 5.41) is 0. The molecule has 2 rings (SSSR count). The monoisotopic (exact) mass is 259 g/mol. The van der Waals surface area contributed by atoms with Crippen molar-refractivity contribution >= 4 is 17.4 Å². The molecule has 0 fully saturated rings. The van der Waals surface area contributed by atoms with E-state index < -0.39 is 0 Å². The van der Waals surface area contributed by atoms with E-state index in [1.807, 2.05) is 11.8 Å². The first-order valence-electron chi connectivity index (χ1n) is 6.63. The van der Waals surface area contributed by atoms with Crippen LogP contribution >= 0.6 is 11.8 Å². The van der Waals surface area contributed by atoms with Crippen LogP contribution in [0, 0.1) is 0 Å². The summed E-state index contributed by atoms with van der Waals surface area (Å²) < 4.78 is 0. The van der Waals surface area contributed by atoms with E-state index >= 15 is 0 Å². The molecule has 0 amide bonds. The van der Waals surface area contributed by atoms with E-state index in [-0.39, 0.29) is 0 Å². The maximum atomic E-state index is 2.40. The molecule has 96 valence electrons. The SMILES string of the molecule is C/C=C\C1=C(C)Sc2cc(CC)ccc2N1CC. The fourth-order valence-corrected chi connectivity index (χ4v) is 3.43. The van der Waals surface area contributed by atoms with E-state index in [1.165, 1.54) is 26.7 Å². The second kappa shape index (κ2) is 5.66. The van der Waals surface area contributed by atoms with Gasteiger partial charge in [-0.25, -0.2) is 0 Å². The lowest BCUT2D eigenvalue weighted by Crippen LogP contribution is -2.24. The second-order valence-corrected chi connectivity index (χ2v) is 5.70. The van der Waals surface area contributed by atoms with Crippen LogP contribution < -0.4 is 4.90 Å². The number of hydrogen-bond donors (Lipinski definition) is 0. The molecule has 0 unspecified atom stereocenters. The Bertz CT molecular complexity index is 500. The van der Waals surface area contributed by atoms with Crippen LogP contribution in [0.4, 0.5) is 5.69 Å². The van der Waals surface area contributed by atoms with Crippen molar-refractivity contribution in [2.75, 3.05) is 11.4 Å². The van der Waals surface area contributed by atoms with Gasteiger partial charge in [0.2, 0.25) is 0 Å². The highest BCUT2D eigenvalue weighted by Gasteiger charge is 2.21. The first-order valence-corrected chi connectivity index (χ1v) is 7.44. The van der Waals surface area contributed by atoms with Crippen LogP contribution in [0.15, 0.2) is 45.8 Å². The Hall–Kier alpha value is -1.15. The molecule has 0 saturated carbocycles. The van der Waals surface area contributed by atoms with Crippen molar-refractivity contribution in [3.63, 3.8) is 0 Å². The van der Waals surface area contributed by atoms with Crippen molar-refractivity contribution in [2.24, 2.45) is 0 Å². The molecular formula is C16H21NS. The molecule has 1 aliphatic rings. The third kappa shape index (κ3) is 2.35. The van der Waals surface area contributed by atoms with Gasteiger partial charge >= 0.3 is 0 Å². The van der Waals surface area contributed by atoms with Crippen LogP contribution in [-0.4, -0.2) is 6.54 Å². The van der Waals surface area contributed by atoms with E-state index in [1.54, 1.807) is 0 Å². The van der Waals surface area contributed by atoms with E-state index in [0.29, 0.717) is 0 Å². The number of fused-ring (bicyclic) bond motifs is 1. The Morgan fingerprint density at radius 2 is 2.06 bits per heavy atom. The van der Waals surface area contributed by atoms with E-state index in [0.717, 1.165) is 13.0 Å². The lowest BCUT2D eigenvalue weighted by molar-refractivity contribution is 0.946. The molecule has 0 radical (unpaired) electrons. The normalized spacial score (nSPS) is 15.4. The third-order valence-electron chi connectivity index (χ3n) is 3.28. The largest absolute Gasteiger partial charge is 0.340 e. The zero-order valence-corrected chi connectivity index (χ0v) is 12.5. The average Bonchev–Trinajstić information content (AvgIpc) is 2.39. The predicted octanol–water partition coefficient (Wildman–Crippen LogP) is 4.99. The van der Waals surface area contributed by atoms with Crippen molar-refractivity contribution in [1.82, 2.24) is 0 Å². The Kier molecular flexibility index (Phi) is 4.18. The number of nitrogens with zero attached hydrogens (tertiary/aromatic N) is 1. The molecule has 1 nitrogen and oxygen atoms in total. The zero-order chi connectivity index (χ0) is 13.1. The van der Waals surface area contributed by atoms with Crippen molar-refractivity contribution < 1.29 is 0 Å². The highest BCUT2D eigenvalue weighted by atomic mass is 32.2. The van der Waals surface area contributed by atoms with Gasteiger partial charge in [0.15, 0.2) is 0 Å². The van der Waals surface area contributed by atoms with Gasteiger partial charge in [0.05, 0.1) is 11.4 Å². The summed E-state index contributed by atoms with van der Waals surface area (Å²) in [7, 11) is 0. The number of thioether (sulfide) groups is 1. The quantitative estimate of drug-likeness (QED) is 0.752. The Balaban J connectivity index is 2.49. The fraction of sp³-hybridized carbons (Fsp3) is 0.375. The van der Waals surface area contributed by atoms with Gasteiger partial charge in [-0.1, -0.05) is 30.8 Å². The van der Waals surface area contributed by atoms with Gasteiger partial charge in [-0.05, 0) is 51.0 Å². The average molecular weight is 259 g/mol. The van der Waals surface area contributed by atoms with Crippen LogP contribution in [-0.2, 0) is 6.42 Å². The summed E-state index contributed by atoms with van der Waals surface area (Å²) in [4.78, 5) is 5.18. The number of aryl methyl sites for hydroxylation is 1. The first kappa shape index (κ1) is 13.3. The number of rotatable bonds is 3. The molecule has 0 atom stereocenters. The summed E-state index contributed by atoms with van der Waals surface area (Å²) in [6, 6.07) is 6.84. The summed E-state index contributed by atoms with van der Waals surface area (Å²) in [6.07, 6.45) is 5.43. The van der Waals surface area contributed by atoms with Gasteiger partial charge in [-0.15, -0.1) is 0 Å². The highest BCUT2D eigenvalue weighted by molar-refractivity contribution is 8.03. The molecule has 1 aliphatic heterocycles. The molecule has 1 heterocycles. The Labute approximate surface area is 115 Å². The molecule has 1 aromatic rings. The first-order chi connectivity index (χ1) is 8.71.